The summed E-state index contributed by atoms with van der Waals surface area (Å²) in [6.45, 7) is 4.03. The van der Waals surface area contributed by atoms with Crippen LogP contribution in [-0.4, -0.2) is 65.5 Å². The second-order valence-corrected chi connectivity index (χ2v) is 7.57. The average Bonchev–Trinajstić information content (AvgIpc) is 3.02. The van der Waals surface area contributed by atoms with Gasteiger partial charge in [-0.15, -0.1) is 0 Å². The Bertz CT molecular complexity index is 663. The van der Waals surface area contributed by atoms with Crippen LogP contribution in [0.3, 0.4) is 0 Å². The van der Waals surface area contributed by atoms with E-state index in [1.165, 1.54) is 22.7 Å². The van der Waals surface area contributed by atoms with E-state index in [1.54, 1.807) is 31.1 Å². The minimum absolute atomic E-state index is 0.0328. The van der Waals surface area contributed by atoms with E-state index in [0.717, 1.165) is 0 Å². The van der Waals surface area contributed by atoms with Crippen molar-refractivity contribution in [2.45, 2.75) is 24.1 Å². The van der Waals surface area contributed by atoms with Gasteiger partial charge in [0.1, 0.15) is 6.61 Å². The van der Waals surface area contributed by atoms with Gasteiger partial charge in [0, 0.05) is 43.9 Å². The highest BCUT2D eigenvalue weighted by molar-refractivity contribution is 8.14. The monoisotopic (exact) mass is 376 g/mol. The van der Waals surface area contributed by atoms with E-state index in [0.29, 0.717) is 18.5 Å². The Morgan fingerprint density at radius 2 is 2.00 bits per heavy atom. The van der Waals surface area contributed by atoms with Crippen molar-refractivity contribution >= 4 is 28.9 Å². The van der Waals surface area contributed by atoms with Crippen LogP contribution in [0.1, 0.15) is 23.2 Å². The van der Waals surface area contributed by atoms with Crippen molar-refractivity contribution in [2.24, 2.45) is 0 Å². The average molecular weight is 376 g/mol. The van der Waals surface area contributed by atoms with Crippen LogP contribution in [0, 0.1) is 0 Å². The first-order valence-corrected chi connectivity index (χ1v) is 9.30. The molecule has 1 aromatic carbocycles. The standard InChI is InChI=1S/C19H24N2O4S/c1-4-10-25-19(24)21-13-16(11-15(21)12-17(22)20(2)3)26-18(23)14-8-6-5-7-9-14/h4-9,15-16H,1,10-13H2,2-3H3/t15-,16+/m1/s1. The minimum atomic E-state index is -0.475. The van der Waals surface area contributed by atoms with E-state index in [1.807, 2.05) is 18.2 Å². The van der Waals surface area contributed by atoms with Gasteiger partial charge in [0.05, 0.1) is 0 Å². The van der Waals surface area contributed by atoms with Gasteiger partial charge in [0.2, 0.25) is 11.0 Å². The molecule has 0 spiro atoms. The third-order valence-electron chi connectivity index (χ3n) is 4.13. The van der Waals surface area contributed by atoms with Crippen molar-refractivity contribution in [3.05, 3.63) is 48.6 Å². The number of hydrogen-bond acceptors (Lipinski definition) is 5. The van der Waals surface area contributed by atoms with Gasteiger partial charge in [0.15, 0.2) is 0 Å². The molecule has 0 N–H and O–H groups in total. The van der Waals surface area contributed by atoms with Crippen LogP contribution >= 0.6 is 11.8 Å². The zero-order valence-electron chi connectivity index (χ0n) is 15.1. The summed E-state index contributed by atoms with van der Waals surface area (Å²) >= 11 is 1.21. The number of carbonyl (C=O) groups excluding carboxylic acids is 3. The zero-order chi connectivity index (χ0) is 19.1. The summed E-state index contributed by atoms with van der Waals surface area (Å²) in [5.41, 5.74) is 0.631. The molecule has 0 saturated carbocycles. The highest BCUT2D eigenvalue weighted by atomic mass is 32.2. The first-order valence-electron chi connectivity index (χ1n) is 8.42. The maximum Gasteiger partial charge on any atom is 0.410 e. The minimum Gasteiger partial charge on any atom is -0.445 e. The van der Waals surface area contributed by atoms with Crippen LogP contribution in [0.15, 0.2) is 43.0 Å². The summed E-state index contributed by atoms with van der Waals surface area (Å²) in [6.07, 6.45) is 1.81. The molecule has 6 nitrogen and oxygen atoms in total. The molecule has 2 rings (SSSR count). The van der Waals surface area contributed by atoms with Crippen LogP contribution in [0.2, 0.25) is 0 Å². The molecule has 2 amide bonds. The van der Waals surface area contributed by atoms with Crippen LogP contribution in [0.25, 0.3) is 0 Å². The summed E-state index contributed by atoms with van der Waals surface area (Å²) in [5, 5.41) is -0.103. The van der Waals surface area contributed by atoms with E-state index >= 15 is 0 Å². The maximum absolute atomic E-state index is 12.4. The molecule has 1 aliphatic rings. The Labute approximate surface area is 158 Å². The van der Waals surface area contributed by atoms with Crippen molar-refractivity contribution in [1.82, 2.24) is 9.80 Å². The third-order valence-corrected chi connectivity index (χ3v) is 5.25. The number of thioether (sulfide) groups is 1. The second kappa shape index (κ2) is 9.43. The van der Waals surface area contributed by atoms with Crippen molar-refractivity contribution in [1.29, 1.82) is 0 Å². The number of ether oxygens (including phenoxy) is 1. The Morgan fingerprint density at radius 1 is 1.31 bits per heavy atom. The molecule has 1 aliphatic heterocycles. The van der Waals surface area contributed by atoms with E-state index in [2.05, 4.69) is 6.58 Å². The van der Waals surface area contributed by atoms with Crippen LogP contribution in [-0.2, 0) is 9.53 Å². The fourth-order valence-electron chi connectivity index (χ4n) is 2.77. The first-order chi connectivity index (χ1) is 12.4. The van der Waals surface area contributed by atoms with E-state index in [-0.39, 0.29) is 35.3 Å². The molecular weight excluding hydrogens is 352 g/mol. The molecule has 7 heteroatoms. The van der Waals surface area contributed by atoms with Crippen molar-refractivity contribution in [3.63, 3.8) is 0 Å². The second-order valence-electron chi connectivity index (χ2n) is 6.29. The molecule has 1 saturated heterocycles. The Hall–Kier alpha value is -2.28. The molecule has 0 aromatic heterocycles. The van der Waals surface area contributed by atoms with Gasteiger partial charge in [-0.1, -0.05) is 54.7 Å². The summed E-state index contributed by atoms with van der Waals surface area (Å²) in [4.78, 5) is 39.9. The lowest BCUT2D eigenvalue weighted by Gasteiger charge is -2.24. The number of hydrogen-bond donors (Lipinski definition) is 0. The van der Waals surface area contributed by atoms with Gasteiger partial charge in [-0.3, -0.25) is 9.59 Å². The molecule has 0 unspecified atom stereocenters. The zero-order valence-corrected chi connectivity index (χ0v) is 15.9. The van der Waals surface area contributed by atoms with Gasteiger partial charge < -0.3 is 14.5 Å². The predicted octanol–water partition coefficient (Wildman–Crippen LogP) is 2.80. The Kier molecular flexibility index (Phi) is 7.26. The summed E-state index contributed by atoms with van der Waals surface area (Å²) in [5.74, 6) is -0.0587. The van der Waals surface area contributed by atoms with Gasteiger partial charge in [-0.25, -0.2) is 4.79 Å². The molecule has 2 atom stereocenters. The quantitative estimate of drug-likeness (QED) is 0.714. The molecule has 1 fully saturated rings. The topological polar surface area (TPSA) is 66.9 Å². The smallest absolute Gasteiger partial charge is 0.410 e. The molecule has 0 bridgehead atoms. The first kappa shape index (κ1) is 20.0. The van der Waals surface area contributed by atoms with E-state index < -0.39 is 6.09 Å². The summed E-state index contributed by atoms with van der Waals surface area (Å²) in [6, 6.07) is 8.77. The van der Waals surface area contributed by atoms with Gasteiger partial charge in [-0.2, -0.15) is 0 Å². The normalized spacial score (nSPS) is 19.1. The van der Waals surface area contributed by atoms with Crippen LogP contribution < -0.4 is 0 Å². The lowest BCUT2D eigenvalue weighted by molar-refractivity contribution is -0.129. The third kappa shape index (κ3) is 5.36. The molecule has 0 aliphatic carbocycles. The fraction of sp³-hybridized carbons (Fsp3) is 0.421. The van der Waals surface area contributed by atoms with Crippen molar-refractivity contribution in [2.75, 3.05) is 27.2 Å². The molecule has 1 aromatic rings. The SMILES string of the molecule is C=CCOC(=O)N1C[C@@H](SC(=O)c2ccccc2)C[C@@H]1CC(=O)N(C)C. The molecular formula is C19H24N2O4S. The van der Waals surface area contributed by atoms with Crippen molar-refractivity contribution < 1.29 is 19.1 Å². The number of benzene rings is 1. The van der Waals surface area contributed by atoms with Gasteiger partial charge in [-0.05, 0) is 6.42 Å². The van der Waals surface area contributed by atoms with E-state index in [9.17, 15) is 14.4 Å². The Balaban J connectivity index is 2.05. The number of nitrogens with zero attached hydrogens (tertiary/aromatic N) is 2. The van der Waals surface area contributed by atoms with Crippen molar-refractivity contribution in [3.8, 4) is 0 Å². The summed E-state index contributed by atoms with van der Waals surface area (Å²) < 4.78 is 5.14. The summed E-state index contributed by atoms with van der Waals surface area (Å²) in [7, 11) is 3.37. The number of carbonyl (C=O) groups is 3. The molecule has 140 valence electrons. The lowest BCUT2D eigenvalue weighted by Crippen LogP contribution is -2.39. The number of rotatable bonds is 6. The van der Waals surface area contributed by atoms with Crippen LogP contribution in [0.4, 0.5) is 4.79 Å². The predicted molar refractivity (Wildman–Crippen MR) is 102 cm³/mol. The van der Waals surface area contributed by atoms with Gasteiger partial charge in [0.25, 0.3) is 0 Å². The maximum atomic E-state index is 12.4. The molecule has 26 heavy (non-hydrogen) atoms. The molecule has 0 radical (unpaired) electrons. The fourth-order valence-corrected chi connectivity index (χ4v) is 3.90. The molecule has 1 heterocycles. The van der Waals surface area contributed by atoms with E-state index in [4.69, 9.17) is 4.74 Å². The lowest BCUT2D eigenvalue weighted by atomic mass is 10.1. The highest BCUT2D eigenvalue weighted by Gasteiger charge is 2.38. The number of likely N-dealkylation sites (tertiary alicyclic amines) is 1. The highest BCUT2D eigenvalue weighted by Crippen LogP contribution is 2.32. The number of amides is 2. The largest absolute Gasteiger partial charge is 0.445 e. The Morgan fingerprint density at radius 3 is 2.62 bits per heavy atom. The van der Waals surface area contributed by atoms with Crippen LogP contribution in [0.5, 0.6) is 0 Å². The van der Waals surface area contributed by atoms with Gasteiger partial charge >= 0.3 is 6.09 Å².